The van der Waals surface area contributed by atoms with Gasteiger partial charge in [0.2, 0.25) is 17.5 Å². The summed E-state index contributed by atoms with van der Waals surface area (Å²) in [5.41, 5.74) is 5.86. The zero-order chi connectivity index (χ0) is 15.6. The van der Waals surface area contributed by atoms with Crippen LogP contribution in [0.4, 0.5) is 5.88 Å². The summed E-state index contributed by atoms with van der Waals surface area (Å²) >= 11 is 0. The van der Waals surface area contributed by atoms with E-state index in [-0.39, 0.29) is 29.0 Å². The summed E-state index contributed by atoms with van der Waals surface area (Å²) in [6.45, 7) is 1.84. The van der Waals surface area contributed by atoms with Crippen molar-refractivity contribution in [2.45, 2.75) is 11.8 Å². The standard InChI is InChI=1S/C13H14N2O5S/c1-3-19-13(16)10-11(14)20-12(15-10)8-5-4-6-9(7-8)21(2,17)18/h4-7H,3,14H2,1-2H3. The highest BCUT2D eigenvalue weighted by Gasteiger charge is 2.20. The topological polar surface area (TPSA) is 112 Å². The van der Waals surface area contributed by atoms with E-state index in [0.29, 0.717) is 5.56 Å². The van der Waals surface area contributed by atoms with Gasteiger partial charge in [-0.2, -0.15) is 4.98 Å². The molecule has 0 fully saturated rings. The number of anilines is 1. The molecule has 0 atom stereocenters. The average Bonchev–Trinajstić information content (AvgIpc) is 2.80. The predicted molar refractivity (Wildman–Crippen MR) is 75.4 cm³/mol. The van der Waals surface area contributed by atoms with E-state index in [1.807, 2.05) is 0 Å². The lowest BCUT2D eigenvalue weighted by atomic mass is 10.2. The number of ether oxygens (including phenoxy) is 1. The smallest absolute Gasteiger partial charge is 0.362 e. The fraction of sp³-hybridized carbons (Fsp3) is 0.231. The second-order valence-corrected chi connectivity index (χ2v) is 6.27. The Morgan fingerprint density at radius 3 is 2.76 bits per heavy atom. The number of rotatable bonds is 4. The molecule has 21 heavy (non-hydrogen) atoms. The van der Waals surface area contributed by atoms with Crippen LogP contribution in [-0.4, -0.2) is 32.2 Å². The number of hydrogen-bond donors (Lipinski definition) is 1. The summed E-state index contributed by atoms with van der Waals surface area (Å²) in [6.07, 6.45) is 1.10. The largest absolute Gasteiger partial charge is 0.461 e. The van der Waals surface area contributed by atoms with Gasteiger partial charge in [-0.05, 0) is 25.1 Å². The molecule has 0 spiro atoms. The van der Waals surface area contributed by atoms with Gasteiger partial charge in [-0.1, -0.05) is 6.07 Å². The number of carbonyl (C=O) groups is 1. The number of benzene rings is 1. The monoisotopic (exact) mass is 310 g/mol. The average molecular weight is 310 g/mol. The van der Waals surface area contributed by atoms with Gasteiger partial charge >= 0.3 is 5.97 Å². The van der Waals surface area contributed by atoms with Crippen molar-refractivity contribution < 1.29 is 22.4 Å². The molecule has 0 unspecified atom stereocenters. The number of esters is 1. The molecule has 2 aromatic rings. The molecule has 0 amide bonds. The van der Waals surface area contributed by atoms with Gasteiger partial charge in [-0.15, -0.1) is 0 Å². The molecule has 0 aliphatic carbocycles. The van der Waals surface area contributed by atoms with Crippen LogP contribution in [0, 0.1) is 0 Å². The van der Waals surface area contributed by atoms with E-state index in [1.54, 1.807) is 19.1 Å². The van der Waals surface area contributed by atoms with Crippen LogP contribution in [-0.2, 0) is 14.6 Å². The molecule has 112 valence electrons. The lowest BCUT2D eigenvalue weighted by molar-refractivity contribution is 0.0521. The van der Waals surface area contributed by atoms with E-state index in [0.717, 1.165) is 6.26 Å². The van der Waals surface area contributed by atoms with Gasteiger partial charge < -0.3 is 14.9 Å². The summed E-state index contributed by atoms with van der Waals surface area (Å²) in [6, 6.07) is 6.01. The molecule has 0 bridgehead atoms. The van der Waals surface area contributed by atoms with E-state index in [9.17, 15) is 13.2 Å². The van der Waals surface area contributed by atoms with Gasteiger partial charge in [0.25, 0.3) is 0 Å². The Morgan fingerprint density at radius 1 is 1.43 bits per heavy atom. The van der Waals surface area contributed by atoms with Gasteiger partial charge in [-0.3, -0.25) is 0 Å². The number of carbonyl (C=O) groups excluding carboxylic acids is 1. The van der Waals surface area contributed by atoms with Crippen LogP contribution in [0.25, 0.3) is 11.5 Å². The summed E-state index contributed by atoms with van der Waals surface area (Å²) in [5.74, 6) is -0.807. The number of oxazole rings is 1. The lowest BCUT2D eigenvalue weighted by Crippen LogP contribution is -2.07. The third kappa shape index (κ3) is 3.22. The second kappa shape index (κ2) is 5.57. The first-order valence-corrected chi connectivity index (χ1v) is 7.96. The molecule has 0 aliphatic rings. The zero-order valence-electron chi connectivity index (χ0n) is 11.5. The molecule has 1 aromatic carbocycles. The van der Waals surface area contributed by atoms with Gasteiger partial charge in [0.05, 0.1) is 11.5 Å². The Bertz CT molecular complexity index is 780. The third-order valence-corrected chi connectivity index (χ3v) is 3.74. The third-order valence-electron chi connectivity index (χ3n) is 2.63. The van der Waals surface area contributed by atoms with Crippen molar-refractivity contribution in [2.24, 2.45) is 0 Å². The van der Waals surface area contributed by atoms with Crippen LogP contribution in [0.5, 0.6) is 0 Å². The first-order chi connectivity index (χ1) is 9.82. The van der Waals surface area contributed by atoms with E-state index in [4.69, 9.17) is 14.9 Å². The van der Waals surface area contributed by atoms with Crippen LogP contribution >= 0.6 is 0 Å². The molecule has 2 N–H and O–H groups in total. The number of aromatic nitrogens is 1. The SMILES string of the molecule is CCOC(=O)c1nc(-c2cccc(S(C)(=O)=O)c2)oc1N. The van der Waals surface area contributed by atoms with Crippen LogP contribution in [0.2, 0.25) is 0 Å². The summed E-state index contributed by atoms with van der Waals surface area (Å²) in [7, 11) is -3.35. The maximum absolute atomic E-state index is 11.6. The zero-order valence-corrected chi connectivity index (χ0v) is 12.3. The molecule has 0 saturated carbocycles. The Hall–Kier alpha value is -2.35. The molecule has 0 aliphatic heterocycles. The molecule has 2 rings (SSSR count). The second-order valence-electron chi connectivity index (χ2n) is 4.25. The van der Waals surface area contributed by atoms with Gasteiger partial charge in [0.15, 0.2) is 9.84 Å². The Morgan fingerprint density at radius 2 is 2.14 bits per heavy atom. The minimum absolute atomic E-state index is 0.0565. The first-order valence-electron chi connectivity index (χ1n) is 6.07. The fourth-order valence-corrected chi connectivity index (χ4v) is 2.33. The highest BCUT2D eigenvalue weighted by molar-refractivity contribution is 7.90. The van der Waals surface area contributed by atoms with Gasteiger partial charge in [0.1, 0.15) is 0 Å². The van der Waals surface area contributed by atoms with Crippen molar-refractivity contribution in [3.63, 3.8) is 0 Å². The van der Waals surface area contributed by atoms with Crippen molar-refractivity contribution in [3.05, 3.63) is 30.0 Å². The molecule has 1 heterocycles. The summed E-state index contributed by atoms with van der Waals surface area (Å²) in [4.78, 5) is 15.7. The number of nitrogens with zero attached hydrogens (tertiary/aromatic N) is 1. The van der Waals surface area contributed by atoms with E-state index in [2.05, 4.69) is 4.98 Å². The fourth-order valence-electron chi connectivity index (χ4n) is 1.66. The summed E-state index contributed by atoms with van der Waals surface area (Å²) < 4.78 is 33.1. The molecular weight excluding hydrogens is 296 g/mol. The highest BCUT2D eigenvalue weighted by Crippen LogP contribution is 2.26. The van der Waals surface area contributed by atoms with Crippen molar-refractivity contribution >= 4 is 21.7 Å². The summed E-state index contributed by atoms with van der Waals surface area (Å²) in [5, 5.41) is 0. The highest BCUT2D eigenvalue weighted by atomic mass is 32.2. The molecule has 8 heteroatoms. The molecule has 0 saturated heterocycles. The van der Waals surface area contributed by atoms with Crippen molar-refractivity contribution in [3.8, 4) is 11.5 Å². The minimum atomic E-state index is -3.35. The van der Waals surface area contributed by atoms with Crippen molar-refractivity contribution in [1.82, 2.24) is 4.98 Å². The van der Waals surface area contributed by atoms with Crippen LogP contribution in [0.1, 0.15) is 17.4 Å². The maximum Gasteiger partial charge on any atom is 0.362 e. The van der Waals surface area contributed by atoms with Crippen molar-refractivity contribution in [2.75, 3.05) is 18.6 Å². The Kier molecular flexibility index (Phi) is 3.99. The van der Waals surface area contributed by atoms with E-state index >= 15 is 0 Å². The quantitative estimate of drug-likeness (QED) is 0.851. The first kappa shape index (κ1) is 15.0. The van der Waals surface area contributed by atoms with Gasteiger partial charge in [0, 0.05) is 11.8 Å². The van der Waals surface area contributed by atoms with Gasteiger partial charge in [-0.25, -0.2) is 13.2 Å². The molecule has 7 nitrogen and oxygen atoms in total. The Labute approximate surface area is 121 Å². The van der Waals surface area contributed by atoms with Crippen LogP contribution < -0.4 is 5.73 Å². The van der Waals surface area contributed by atoms with Crippen LogP contribution in [0.3, 0.4) is 0 Å². The maximum atomic E-state index is 11.6. The number of sulfone groups is 1. The van der Waals surface area contributed by atoms with E-state index < -0.39 is 15.8 Å². The predicted octanol–water partition coefficient (Wildman–Crippen LogP) is 1.50. The number of nitrogen functional groups attached to an aromatic ring is 1. The number of hydrogen-bond acceptors (Lipinski definition) is 7. The minimum Gasteiger partial charge on any atom is -0.461 e. The van der Waals surface area contributed by atoms with E-state index in [1.165, 1.54) is 12.1 Å². The molecular formula is C13H14N2O5S. The van der Waals surface area contributed by atoms with Crippen LogP contribution in [0.15, 0.2) is 33.6 Å². The molecule has 1 aromatic heterocycles. The lowest BCUT2D eigenvalue weighted by Gasteiger charge is -2.00. The normalized spacial score (nSPS) is 11.3. The molecule has 0 radical (unpaired) electrons. The van der Waals surface area contributed by atoms with Crippen molar-refractivity contribution in [1.29, 1.82) is 0 Å². The number of nitrogens with two attached hydrogens (primary N) is 1. The Balaban J connectivity index is 2.44.